The van der Waals surface area contributed by atoms with Crippen LogP contribution in [0.15, 0.2) is 0 Å². The Balaban J connectivity index is 2.33. The zero-order valence-electron chi connectivity index (χ0n) is 7.98. The molecule has 0 spiro atoms. The Hall–Kier alpha value is -0.0400. The summed E-state index contributed by atoms with van der Waals surface area (Å²) >= 11 is 0. The Morgan fingerprint density at radius 1 is 1.27 bits per heavy atom. The number of fused-ring (bicyclic) bond motifs is 2. The summed E-state index contributed by atoms with van der Waals surface area (Å²) in [7, 11) is 0. The summed E-state index contributed by atoms with van der Waals surface area (Å²) in [4.78, 5) is 0. The van der Waals surface area contributed by atoms with E-state index < -0.39 is 0 Å². The average Bonchev–Trinajstić information content (AvgIpc) is 2.17. The van der Waals surface area contributed by atoms with Gasteiger partial charge >= 0.3 is 0 Å². The van der Waals surface area contributed by atoms with Gasteiger partial charge in [-0.3, -0.25) is 0 Å². The van der Waals surface area contributed by atoms with Gasteiger partial charge in [0.1, 0.15) is 0 Å². The van der Waals surface area contributed by atoms with Crippen LogP contribution in [0.5, 0.6) is 0 Å². The minimum Gasteiger partial charge on any atom is -0.346 e. The first-order valence-electron chi connectivity index (χ1n) is 4.88. The van der Waals surface area contributed by atoms with Crippen LogP contribution in [0.4, 0.5) is 0 Å². The van der Waals surface area contributed by atoms with Gasteiger partial charge in [-0.1, -0.05) is 20.8 Å². The molecule has 1 aliphatic heterocycles. The summed E-state index contributed by atoms with van der Waals surface area (Å²) in [5, 5.41) is 2.52. The Morgan fingerprint density at radius 3 is 2.55 bits per heavy atom. The minimum atomic E-state index is 0.613. The van der Waals surface area contributed by atoms with E-state index in [-0.39, 0.29) is 0 Å². The zero-order valence-corrected chi connectivity index (χ0v) is 7.98. The lowest BCUT2D eigenvalue weighted by atomic mass is 9.64. The SMILES string of the molecule is CC1(C)[C@@H]2CC[C@]1(C)C[NH2+]C2. The van der Waals surface area contributed by atoms with E-state index >= 15 is 0 Å². The van der Waals surface area contributed by atoms with Crippen LogP contribution in [0.25, 0.3) is 0 Å². The zero-order chi connectivity index (χ0) is 8.11. The summed E-state index contributed by atoms with van der Waals surface area (Å²) in [6.45, 7) is 10.1. The molecule has 0 amide bonds. The second-order valence-corrected chi connectivity index (χ2v) is 5.25. The molecule has 64 valence electrons. The first-order chi connectivity index (χ1) is 5.06. The summed E-state index contributed by atoms with van der Waals surface area (Å²) in [6.07, 6.45) is 2.93. The van der Waals surface area contributed by atoms with Crippen LogP contribution < -0.4 is 5.32 Å². The molecule has 1 nitrogen and oxygen atoms in total. The van der Waals surface area contributed by atoms with Crippen molar-refractivity contribution in [2.75, 3.05) is 13.1 Å². The first-order valence-corrected chi connectivity index (χ1v) is 4.88. The van der Waals surface area contributed by atoms with E-state index in [4.69, 9.17) is 0 Å². The van der Waals surface area contributed by atoms with Crippen LogP contribution in [0, 0.1) is 16.7 Å². The molecule has 1 aliphatic carbocycles. The molecule has 0 unspecified atom stereocenters. The molecule has 1 saturated heterocycles. The monoisotopic (exact) mass is 154 g/mol. The number of nitrogens with two attached hydrogens (primary N) is 1. The van der Waals surface area contributed by atoms with Gasteiger partial charge in [-0.25, -0.2) is 0 Å². The topological polar surface area (TPSA) is 16.6 Å². The molecule has 11 heavy (non-hydrogen) atoms. The van der Waals surface area contributed by atoms with Crippen molar-refractivity contribution in [3.8, 4) is 0 Å². The number of piperidine rings is 1. The molecular weight excluding hydrogens is 134 g/mol. The summed E-state index contributed by atoms with van der Waals surface area (Å²) in [6, 6.07) is 0. The predicted molar refractivity (Wildman–Crippen MR) is 46.3 cm³/mol. The van der Waals surface area contributed by atoms with Gasteiger partial charge in [0, 0.05) is 11.3 Å². The average molecular weight is 154 g/mol. The van der Waals surface area contributed by atoms with Gasteiger partial charge in [-0.2, -0.15) is 0 Å². The van der Waals surface area contributed by atoms with E-state index in [2.05, 4.69) is 26.1 Å². The van der Waals surface area contributed by atoms with Crippen LogP contribution in [-0.2, 0) is 0 Å². The molecule has 1 heterocycles. The van der Waals surface area contributed by atoms with Gasteiger partial charge in [0.05, 0.1) is 13.1 Å². The Bertz CT molecular complexity index is 167. The standard InChI is InChI=1S/C10H19N/c1-9(2)8-4-5-10(9,3)7-11-6-8/h8,11H,4-7H2,1-3H3/p+1/t8-,10-/m1/s1. The van der Waals surface area contributed by atoms with Gasteiger partial charge in [0.25, 0.3) is 0 Å². The molecule has 0 aromatic heterocycles. The molecule has 1 heteroatoms. The lowest BCUT2D eigenvalue weighted by Gasteiger charge is -2.43. The van der Waals surface area contributed by atoms with Crippen molar-refractivity contribution in [2.24, 2.45) is 16.7 Å². The van der Waals surface area contributed by atoms with Crippen LogP contribution >= 0.6 is 0 Å². The number of hydrogen-bond donors (Lipinski definition) is 1. The lowest BCUT2D eigenvalue weighted by Crippen LogP contribution is -2.91. The minimum absolute atomic E-state index is 0.613. The number of quaternary nitrogens is 1. The quantitative estimate of drug-likeness (QED) is 0.536. The van der Waals surface area contributed by atoms with Gasteiger partial charge in [0.2, 0.25) is 0 Å². The van der Waals surface area contributed by atoms with E-state index in [0.29, 0.717) is 10.8 Å². The maximum absolute atomic E-state index is 2.52. The molecule has 1 saturated carbocycles. The van der Waals surface area contributed by atoms with Crippen LogP contribution in [0.3, 0.4) is 0 Å². The second kappa shape index (κ2) is 2.01. The van der Waals surface area contributed by atoms with Crippen molar-refractivity contribution in [1.82, 2.24) is 0 Å². The van der Waals surface area contributed by atoms with Crippen LogP contribution in [0.1, 0.15) is 33.6 Å². The van der Waals surface area contributed by atoms with Crippen molar-refractivity contribution in [1.29, 1.82) is 0 Å². The van der Waals surface area contributed by atoms with Crippen LogP contribution in [-0.4, -0.2) is 13.1 Å². The molecule has 0 aromatic carbocycles. The summed E-state index contributed by atoms with van der Waals surface area (Å²) in [5.41, 5.74) is 1.25. The molecule has 2 bridgehead atoms. The van der Waals surface area contributed by atoms with E-state index in [0.717, 1.165) is 5.92 Å². The molecule has 2 atom stereocenters. The highest BCUT2D eigenvalue weighted by Gasteiger charge is 2.55. The van der Waals surface area contributed by atoms with E-state index in [1.165, 1.54) is 25.9 Å². The van der Waals surface area contributed by atoms with Crippen molar-refractivity contribution >= 4 is 0 Å². The normalized spacial score (nSPS) is 47.7. The fourth-order valence-corrected chi connectivity index (χ4v) is 3.05. The highest BCUT2D eigenvalue weighted by Crippen LogP contribution is 2.55. The molecular formula is C10H20N+. The maximum atomic E-state index is 2.52. The fraction of sp³-hybridized carbons (Fsp3) is 1.00. The molecule has 2 fully saturated rings. The Kier molecular flexibility index (Phi) is 1.39. The largest absolute Gasteiger partial charge is 0.346 e. The Labute approximate surface area is 69.6 Å². The van der Waals surface area contributed by atoms with Crippen molar-refractivity contribution < 1.29 is 5.32 Å². The second-order valence-electron chi connectivity index (χ2n) is 5.25. The third-order valence-corrected chi connectivity index (χ3v) is 4.67. The predicted octanol–water partition coefficient (Wildman–Crippen LogP) is 1.01. The molecule has 2 N–H and O–H groups in total. The smallest absolute Gasteiger partial charge is 0.0815 e. The van der Waals surface area contributed by atoms with Crippen molar-refractivity contribution in [2.45, 2.75) is 33.6 Å². The maximum Gasteiger partial charge on any atom is 0.0815 e. The molecule has 0 radical (unpaired) electrons. The van der Waals surface area contributed by atoms with Crippen LogP contribution in [0.2, 0.25) is 0 Å². The number of rotatable bonds is 0. The van der Waals surface area contributed by atoms with Crippen molar-refractivity contribution in [3.05, 3.63) is 0 Å². The number of hydrogen-bond acceptors (Lipinski definition) is 0. The molecule has 0 aromatic rings. The summed E-state index contributed by atoms with van der Waals surface area (Å²) < 4.78 is 0. The third-order valence-electron chi connectivity index (χ3n) is 4.67. The van der Waals surface area contributed by atoms with Gasteiger partial charge in [-0.15, -0.1) is 0 Å². The van der Waals surface area contributed by atoms with Crippen molar-refractivity contribution in [3.63, 3.8) is 0 Å². The van der Waals surface area contributed by atoms with Gasteiger partial charge < -0.3 is 5.32 Å². The highest BCUT2D eigenvalue weighted by atomic mass is 14.9. The van der Waals surface area contributed by atoms with Gasteiger partial charge in [0.15, 0.2) is 0 Å². The Morgan fingerprint density at radius 2 is 2.00 bits per heavy atom. The first kappa shape index (κ1) is 7.60. The summed E-state index contributed by atoms with van der Waals surface area (Å²) in [5.74, 6) is 0.987. The van der Waals surface area contributed by atoms with E-state index in [1.54, 1.807) is 0 Å². The lowest BCUT2D eigenvalue weighted by molar-refractivity contribution is -0.685. The third kappa shape index (κ3) is 0.807. The van der Waals surface area contributed by atoms with Gasteiger partial charge in [-0.05, 0) is 18.3 Å². The fourth-order valence-electron chi connectivity index (χ4n) is 3.05. The highest BCUT2D eigenvalue weighted by molar-refractivity contribution is 5.01. The molecule has 2 aliphatic rings. The molecule has 2 rings (SSSR count). The van der Waals surface area contributed by atoms with E-state index in [1.807, 2.05) is 0 Å². The van der Waals surface area contributed by atoms with E-state index in [9.17, 15) is 0 Å².